The Bertz CT molecular complexity index is 2410. The molecule has 2 N–H and O–H groups in total. The first-order valence-electron chi connectivity index (χ1n) is 19.4. The van der Waals surface area contributed by atoms with Gasteiger partial charge in [-0.1, -0.05) is 109 Å². The van der Waals surface area contributed by atoms with Crippen molar-refractivity contribution in [2.45, 2.75) is 37.4 Å². The minimum atomic E-state index is -3.50. The topological polar surface area (TPSA) is 128 Å². The molecule has 298 valence electrons. The van der Waals surface area contributed by atoms with Crippen LogP contribution in [0.2, 0.25) is 5.02 Å². The number of rotatable bonds is 10. The lowest BCUT2D eigenvalue weighted by molar-refractivity contribution is -0.138. The van der Waals surface area contributed by atoms with Crippen LogP contribution >= 0.6 is 11.6 Å². The second-order valence-electron chi connectivity index (χ2n) is 15.0. The number of hydrogen-bond acceptors (Lipinski definition) is 7. The molecule has 1 aliphatic carbocycles. The van der Waals surface area contributed by atoms with Crippen molar-refractivity contribution in [1.29, 1.82) is 0 Å². The van der Waals surface area contributed by atoms with Gasteiger partial charge in [-0.3, -0.25) is 19.2 Å². The number of amides is 3. The Balaban J connectivity index is 1.01. The van der Waals surface area contributed by atoms with Gasteiger partial charge in [-0.2, -0.15) is 0 Å². The van der Waals surface area contributed by atoms with Crippen LogP contribution < -0.4 is 14.9 Å². The van der Waals surface area contributed by atoms with Gasteiger partial charge < -0.3 is 19.9 Å². The Morgan fingerprint density at radius 2 is 1.38 bits per heavy atom. The number of carbonyl (C=O) groups excluding carboxylic acids is 3. The smallest absolute Gasteiger partial charge is 0.410 e. The van der Waals surface area contributed by atoms with Gasteiger partial charge in [0.05, 0.1) is 24.2 Å². The number of para-hydroxylation sites is 2. The highest BCUT2D eigenvalue weighted by Crippen LogP contribution is 2.44. The number of sulfonamides is 1. The maximum atomic E-state index is 14.5. The highest BCUT2D eigenvalue weighted by Gasteiger charge is 2.39. The predicted octanol–water partition coefficient (Wildman–Crippen LogP) is 6.46. The van der Waals surface area contributed by atoms with E-state index in [1.165, 1.54) is 4.90 Å². The van der Waals surface area contributed by atoms with Crippen molar-refractivity contribution in [3.63, 3.8) is 0 Å². The number of ether oxygens (including phenoxy) is 1. The molecule has 3 aliphatic rings. The number of anilines is 2. The average Bonchev–Trinajstić information content (AvgIpc) is 3.55. The minimum Gasteiger partial charge on any atom is -0.448 e. The van der Waals surface area contributed by atoms with Gasteiger partial charge in [0.15, 0.2) is 0 Å². The SMILES string of the molecule is CS(=O)(=O)Nc1ccccc1N1CCN(C(=O)[C@@H](Cc2ccc(Cl)cc2)NC(=O)[C@H]2Cc3ccccc3CN2C(=O)OCC2c3ccccc3-c3ccccc32)CC1. The zero-order valence-electron chi connectivity index (χ0n) is 32.0. The number of hydrogen-bond donors (Lipinski definition) is 2. The summed E-state index contributed by atoms with van der Waals surface area (Å²) in [5, 5.41) is 3.61. The molecule has 0 aromatic heterocycles. The molecule has 0 saturated carbocycles. The fourth-order valence-corrected chi connectivity index (χ4v) is 9.07. The van der Waals surface area contributed by atoms with Crippen LogP contribution in [0.3, 0.4) is 0 Å². The first-order chi connectivity index (χ1) is 28.0. The van der Waals surface area contributed by atoms with E-state index in [1.54, 1.807) is 29.2 Å². The molecule has 0 unspecified atom stereocenters. The average molecular weight is 818 g/mol. The number of nitrogens with one attached hydrogen (secondary N) is 2. The van der Waals surface area contributed by atoms with Crippen LogP contribution in [0.1, 0.15) is 33.7 Å². The van der Waals surface area contributed by atoms with Crippen LogP contribution in [0.25, 0.3) is 11.1 Å². The molecule has 1 fully saturated rings. The van der Waals surface area contributed by atoms with Crippen molar-refractivity contribution in [3.8, 4) is 11.1 Å². The fourth-order valence-electron chi connectivity index (χ4n) is 8.37. The van der Waals surface area contributed by atoms with Crippen molar-refractivity contribution in [1.82, 2.24) is 15.1 Å². The van der Waals surface area contributed by atoms with E-state index < -0.39 is 34.1 Å². The second kappa shape index (κ2) is 16.6. The molecule has 58 heavy (non-hydrogen) atoms. The summed E-state index contributed by atoms with van der Waals surface area (Å²) in [6.45, 7) is 1.88. The molecular weight excluding hydrogens is 774 g/mol. The summed E-state index contributed by atoms with van der Waals surface area (Å²) < 4.78 is 32.8. The summed E-state index contributed by atoms with van der Waals surface area (Å²) in [5.41, 5.74) is 8.30. The molecule has 2 aliphatic heterocycles. The molecule has 3 amide bonds. The largest absolute Gasteiger partial charge is 0.448 e. The first-order valence-corrected chi connectivity index (χ1v) is 21.6. The number of fused-ring (bicyclic) bond motifs is 4. The van der Waals surface area contributed by atoms with E-state index in [4.69, 9.17) is 16.3 Å². The molecule has 2 heterocycles. The van der Waals surface area contributed by atoms with Crippen LogP contribution in [0.5, 0.6) is 0 Å². The number of carbonyl (C=O) groups is 3. The Morgan fingerprint density at radius 3 is 2.05 bits per heavy atom. The highest BCUT2D eigenvalue weighted by atomic mass is 35.5. The Labute approximate surface area is 343 Å². The first kappa shape index (κ1) is 39.0. The summed E-state index contributed by atoms with van der Waals surface area (Å²) in [5.74, 6) is -0.851. The summed E-state index contributed by atoms with van der Waals surface area (Å²) >= 11 is 6.20. The number of halogens is 1. The third-order valence-corrected chi connectivity index (χ3v) is 12.1. The summed E-state index contributed by atoms with van der Waals surface area (Å²) in [6.07, 6.45) is 0.975. The predicted molar refractivity (Wildman–Crippen MR) is 225 cm³/mol. The lowest BCUT2D eigenvalue weighted by Crippen LogP contribution is -2.59. The van der Waals surface area contributed by atoms with Gasteiger partial charge in [-0.25, -0.2) is 13.2 Å². The maximum absolute atomic E-state index is 14.5. The van der Waals surface area contributed by atoms with Gasteiger partial charge in [-0.05, 0) is 63.2 Å². The monoisotopic (exact) mass is 817 g/mol. The zero-order valence-corrected chi connectivity index (χ0v) is 33.6. The molecule has 1 saturated heterocycles. The molecule has 0 bridgehead atoms. The number of nitrogens with zero attached hydrogens (tertiary/aromatic N) is 3. The molecule has 13 heteroatoms. The van der Waals surface area contributed by atoms with Crippen LogP contribution in [-0.4, -0.2) is 87.3 Å². The minimum absolute atomic E-state index is 0.109. The molecule has 0 radical (unpaired) electrons. The molecular formula is C45H44ClN5O6S. The van der Waals surface area contributed by atoms with Gasteiger partial charge in [-0.15, -0.1) is 0 Å². The van der Waals surface area contributed by atoms with Gasteiger partial charge in [0.2, 0.25) is 21.8 Å². The normalized spacial score (nSPS) is 16.8. The van der Waals surface area contributed by atoms with E-state index in [0.717, 1.165) is 50.9 Å². The lowest BCUT2D eigenvalue weighted by atomic mass is 9.93. The third kappa shape index (κ3) is 8.39. The van der Waals surface area contributed by atoms with E-state index in [2.05, 4.69) is 34.3 Å². The summed E-state index contributed by atoms with van der Waals surface area (Å²) in [6, 6.07) is 36.5. The lowest BCUT2D eigenvalue weighted by Gasteiger charge is -2.39. The standard InChI is InChI=1S/C45H44ClN5O6S/c1-58(55,56)48-39-16-8-9-17-41(39)49-22-24-50(25-23-49)44(53)40(26-30-18-20-33(46)21-19-30)47-43(52)42-27-31-10-2-3-11-32(31)28-51(42)45(54)57-29-38-36-14-6-4-12-34(36)35-13-5-7-15-37(35)38/h2-21,38,40,42,48H,22-29H2,1H3,(H,47,52)/t40-,42-/m1/s1. The fraction of sp³-hybridized carbons (Fsp3) is 0.267. The highest BCUT2D eigenvalue weighted by molar-refractivity contribution is 7.92. The molecule has 5 aromatic carbocycles. The number of piperazine rings is 1. The van der Waals surface area contributed by atoms with Crippen LogP contribution in [-0.2, 0) is 43.7 Å². The van der Waals surface area contributed by atoms with E-state index in [-0.39, 0.29) is 37.8 Å². The van der Waals surface area contributed by atoms with Crippen molar-refractivity contribution >= 4 is 50.9 Å². The third-order valence-electron chi connectivity index (χ3n) is 11.2. The Kier molecular flexibility index (Phi) is 11.1. The molecule has 5 aromatic rings. The van der Waals surface area contributed by atoms with E-state index in [1.807, 2.05) is 77.7 Å². The maximum Gasteiger partial charge on any atom is 0.410 e. The van der Waals surface area contributed by atoms with Gasteiger partial charge in [0.1, 0.15) is 18.7 Å². The molecule has 8 rings (SSSR count). The van der Waals surface area contributed by atoms with Gasteiger partial charge >= 0.3 is 6.09 Å². The van der Waals surface area contributed by atoms with Crippen molar-refractivity contribution in [2.24, 2.45) is 0 Å². The van der Waals surface area contributed by atoms with Crippen molar-refractivity contribution in [3.05, 3.63) is 154 Å². The summed E-state index contributed by atoms with van der Waals surface area (Å²) in [4.78, 5) is 48.3. The van der Waals surface area contributed by atoms with Crippen molar-refractivity contribution < 1.29 is 27.5 Å². The van der Waals surface area contributed by atoms with Crippen LogP contribution in [0.15, 0.2) is 121 Å². The Hall–Kier alpha value is -5.85. The zero-order chi connectivity index (χ0) is 40.4. The van der Waals surface area contributed by atoms with E-state index >= 15 is 0 Å². The van der Waals surface area contributed by atoms with Crippen molar-refractivity contribution in [2.75, 3.05) is 48.7 Å². The van der Waals surface area contributed by atoms with E-state index in [0.29, 0.717) is 36.9 Å². The van der Waals surface area contributed by atoms with Gasteiger partial charge in [0, 0.05) is 50.0 Å². The number of benzene rings is 5. The second-order valence-corrected chi connectivity index (χ2v) is 17.2. The molecule has 11 nitrogen and oxygen atoms in total. The van der Waals surface area contributed by atoms with Crippen LogP contribution in [0.4, 0.5) is 16.2 Å². The van der Waals surface area contributed by atoms with E-state index in [9.17, 15) is 22.8 Å². The summed E-state index contributed by atoms with van der Waals surface area (Å²) in [7, 11) is -3.50. The van der Waals surface area contributed by atoms with Gasteiger partial charge in [0.25, 0.3) is 0 Å². The quantitative estimate of drug-likeness (QED) is 0.166. The Morgan fingerprint density at radius 1 is 0.776 bits per heavy atom. The molecule has 2 atom stereocenters. The van der Waals surface area contributed by atoms with Crippen LogP contribution in [0, 0.1) is 0 Å². The molecule has 0 spiro atoms.